The number of esters is 1. The Morgan fingerprint density at radius 3 is 1.81 bits per heavy atom. The van der Waals surface area contributed by atoms with Crippen molar-refractivity contribution in [1.29, 1.82) is 0 Å². The molecule has 150 valence electrons. The van der Waals surface area contributed by atoms with Gasteiger partial charge in [-0.05, 0) is 25.7 Å². The van der Waals surface area contributed by atoms with Crippen LogP contribution < -0.4 is 0 Å². The standard InChI is InChI=1S/C20H29NO6/c1-4-7-9-11-13-17(22)21(18(23)14-12-10-8-5-2)16(20(25)26)15-19(24)27-6-3/h6-10,16H,3-5,11-15H2,1-2H3,(H,25,26)/b9-7+,10-8+. The molecule has 0 saturated carbocycles. The Kier molecular flexibility index (Phi) is 13.0. The zero-order valence-corrected chi connectivity index (χ0v) is 16.1. The van der Waals surface area contributed by atoms with E-state index in [-0.39, 0.29) is 12.8 Å². The van der Waals surface area contributed by atoms with E-state index < -0.39 is 36.2 Å². The normalized spacial score (nSPS) is 12.1. The van der Waals surface area contributed by atoms with E-state index in [0.29, 0.717) is 17.7 Å². The molecule has 0 radical (unpaired) electrons. The van der Waals surface area contributed by atoms with E-state index in [1.807, 2.05) is 26.0 Å². The number of carboxylic acids is 1. The van der Waals surface area contributed by atoms with Crippen LogP contribution in [0.3, 0.4) is 0 Å². The third-order valence-corrected chi connectivity index (χ3v) is 3.56. The van der Waals surface area contributed by atoms with Gasteiger partial charge in [0, 0.05) is 12.8 Å². The Labute approximate surface area is 160 Å². The van der Waals surface area contributed by atoms with Gasteiger partial charge >= 0.3 is 11.9 Å². The van der Waals surface area contributed by atoms with Gasteiger partial charge in [0.1, 0.15) is 6.04 Å². The molecule has 0 aromatic rings. The number of hydrogen-bond acceptors (Lipinski definition) is 5. The van der Waals surface area contributed by atoms with Gasteiger partial charge in [-0.15, -0.1) is 0 Å². The van der Waals surface area contributed by atoms with Crippen molar-refractivity contribution in [3.05, 3.63) is 37.1 Å². The van der Waals surface area contributed by atoms with Crippen molar-refractivity contribution in [2.24, 2.45) is 0 Å². The van der Waals surface area contributed by atoms with Gasteiger partial charge in [0.2, 0.25) is 11.8 Å². The highest BCUT2D eigenvalue weighted by Crippen LogP contribution is 2.14. The summed E-state index contributed by atoms with van der Waals surface area (Å²) in [6.07, 6.45) is 9.95. The third kappa shape index (κ3) is 10.1. The molecule has 0 aliphatic rings. The molecular weight excluding hydrogens is 350 g/mol. The topological polar surface area (TPSA) is 101 Å². The van der Waals surface area contributed by atoms with Crippen molar-refractivity contribution in [3.63, 3.8) is 0 Å². The Morgan fingerprint density at radius 1 is 0.963 bits per heavy atom. The predicted octanol–water partition coefficient (Wildman–Crippen LogP) is 3.36. The second kappa shape index (κ2) is 14.5. The first kappa shape index (κ1) is 24.3. The molecule has 0 aliphatic heterocycles. The largest absolute Gasteiger partial charge is 0.480 e. The molecule has 0 aliphatic carbocycles. The van der Waals surface area contributed by atoms with Crippen LogP contribution in [0.25, 0.3) is 0 Å². The molecule has 0 fully saturated rings. The van der Waals surface area contributed by atoms with E-state index in [1.165, 1.54) is 0 Å². The van der Waals surface area contributed by atoms with E-state index in [9.17, 15) is 24.3 Å². The minimum absolute atomic E-state index is 0.0205. The van der Waals surface area contributed by atoms with E-state index in [2.05, 4.69) is 11.3 Å². The average Bonchev–Trinajstić information content (AvgIpc) is 2.62. The Bertz CT molecular complexity index is 549. The predicted molar refractivity (Wildman–Crippen MR) is 102 cm³/mol. The van der Waals surface area contributed by atoms with E-state index >= 15 is 0 Å². The number of hydrogen-bond donors (Lipinski definition) is 1. The third-order valence-electron chi connectivity index (χ3n) is 3.56. The second-order valence-corrected chi connectivity index (χ2v) is 5.71. The molecule has 0 rings (SSSR count). The number of imide groups is 1. The van der Waals surface area contributed by atoms with Crippen LogP contribution in [-0.2, 0) is 23.9 Å². The first-order chi connectivity index (χ1) is 12.9. The molecule has 0 spiro atoms. The number of carboxylic acid groups (broad SMARTS) is 1. The van der Waals surface area contributed by atoms with Crippen LogP contribution in [-0.4, -0.2) is 39.8 Å². The van der Waals surface area contributed by atoms with E-state index in [0.717, 1.165) is 19.1 Å². The summed E-state index contributed by atoms with van der Waals surface area (Å²) in [5.74, 6) is -3.57. The van der Waals surface area contributed by atoms with Crippen LogP contribution in [0.15, 0.2) is 37.1 Å². The monoisotopic (exact) mass is 379 g/mol. The number of ether oxygens (including phenoxy) is 1. The minimum atomic E-state index is -1.61. The van der Waals surface area contributed by atoms with Gasteiger partial charge in [-0.2, -0.15) is 0 Å². The summed E-state index contributed by atoms with van der Waals surface area (Å²) >= 11 is 0. The van der Waals surface area contributed by atoms with Crippen molar-refractivity contribution in [2.45, 2.75) is 64.8 Å². The number of rotatable bonds is 13. The van der Waals surface area contributed by atoms with E-state index in [4.69, 9.17) is 0 Å². The Hall–Kier alpha value is -2.70. The molecule has 1 unspecified atom stereocenters. The van der Waals surface area contributed by atoms with Crippen LogP contribution in [0.1, 0.15) is 58.8 Å². The molecular formula is C20H29NO6. The lowest BCUT2D eigenvalue weighted by Gasteiger charge is -2.26. The highest BCUT2D eigenvalue weighted by atomic mass is 16.5. The van der Waals surface area contributed by atoms with Crippen molar-refractivity contribution < 1.29 is 29.0 Å². The number of allylic oxidation sites excluding steroid dienone is 4. The van der Waals surface area contributed by atoms with Crippen LogP contribution in [0.5, 0.6) is 0 Å². The molecule has 0 aromatic heterocycles. The molecule has 7 heteroatoms. The second-order valence-electron chi connectivity index (χ2n) is 5.71. The number of carbonyl (C=O) groups is 4. The molecule has 0 heterocycles. The lowest BCUT2D eigenvalue weighted by molar-refractivity contribution is -0.160. The summed E-state index contributed by atoms with van der Waals surface area (Å²) in [6, 6.07) is -1.61. The lowest BCUT2D eigenvalue weighted by atomic mass is 10.1. The average molecular weight is 379 g/mol. The fraction of sp³-hybridized carbons (Fsp3) is 0.500. The smallest absolute Gasteiger partial charge is 0.327 e. The summed E-state index contributed by atoms with van der Waals surface area (Å²) in [5.41, 5.74) is 0. The molecule has 1 atom stereocenters. The fourth-order valence-electron chi connectivity index (χ4n) is 2.30. The first-order valence-electron chi connectivity index (χ1n) is 9.07. The van der Waals surface area contributed by atoms with Crippen molar-refractivity contribution in [2.75, 3.05) is 0 Å². The summed E-state index contributed by atoms with van der Waals surface area (Å²) in [5, 5.41) is 9.47. The van der Waals surface area contributed by atoms with Crippen molar-refractivity contribution in [3.8, 4) is 0 Å². The molecule has 0 bridgehead atoms. The number of nitrogens with zero attached hydrogens (tertiary/aromatic N) is 1. The molecule has 1 N–H and O–H groups in total. The zero-order valence-electron chi connectivity index (χ0n) is 16.1. The number of amides is 2. The maximum absolute atomic E-state index is 12.5. The SMILES string of the molecule is C=COC(=O)CC(C(=O)O)N(C(=O)CC/C=C/CC)C(=O)CC/C=C/CC. The molecule has 27 heavy (non-hydrogen) atoms. The summed E-state index contributed by atoms with van der Waals surface area (Å²) < 4.78 is 4.55. The molecule has 2 amide bonds. The number of aliphatic carboxylic acids is 1. The highest BCUT2D eigenvalue weighted by Gasteiger charge is 2.35. The van der Waals surface area contributed by atoms with Gasteiger partial charge in [0.25, 0.3) is 0 Å². The highest BCUT2D eigenvalue weighted by molar-refractivity contribution is 6.00. The van der Waals surface area contributed by atoms with Crippen molar-refractivity contribution in [1.82, 2.24) is 4.90 Å². The lowest BCUT2D eigenvalue weighted by Crippen LogP contribution is -2.49. The Morgan fingerprint density at radius 2 is 1.44 bits per heavy atom. The van der Waals surface area contributed by atoms with Crippen LogP contribution in [0.4, 0.5) is 0 Å². The van der Waals surface area contributed by atoms with Crippen molar-refractivity contribution >= 4 is 23.8 Å². The van der Waals surface area contributed by atoms with Crippen LogP contribution in [0.2, 0.25) is 0 Å². The number of carbonyl (C=O) groups excluding carboxylic acids is 3. The molecule has 0 saturated heterocycles. The van der Waals surface area contributed by atoms with Crippen LogP contribution in [0, 0.1) is 0 Å². The fourth-order valence-corrected chi connectivity index (χ4v) is 2.30. The quantitative estimate of drug-likeness (QED) is 0.299. The van der Waals surface area contributed by atoms with E-state index in [1.54, 1.807) is 12.2 Å². The maximum atomic E-state index is 12.5. The van der Waals surface area contributed by atoms with Gasteiger partial charge in [-0.1, -0.05) is 44.7 Å². The summed E-state index contributed by atoms with van der Waals surface area (Å²) in [7, 11) is 0. The Balaban J connectivity index is 5.38. The van der Waals surface area contributed by atoms with Gasteiger partial charge < -0.3 is 9.84 Å². The first-order valence-corrected chi connectivity index (χ1v) is 9.07. The zero-order chi connectivity index (χ0) is 20.7. The van der Waals surface area contributed by atoms with Gasteiger partial charge in [-0.3, -0.25) is 19.3 Å². The van der Waals surface area contributed by atoms with Crippen LogP contribution >= 0.6 is 0 Å². The molecule has 7 nitrogen and oxygen atoms in total. The van der Waals surface area contributed by atoms with Gasteiger partial charge in [0.05, 0.1) is 12.7 Å². The minimum Gasteiger partial charge on any atom is -0.480 e. The van der Waals surface area contributed by atoms with Gasteiger partial charge in [-0.25, -0.2) is 4.79 Å². The summed E-state index contributed by atoms with van der Waals surface area (Å²) in [4.78, 5) is 49.1. The van der Waals surface area contributed by atoms with Gasteiger partial charge in [0.15, 0.2) is 0 Å². The summed E-state index contributed by atoms with van der Waals surface area (Å²) in [6.45, 7) is 7.13. The molecule has 0 aromatic carbocycles. The maximum Gasteiger partial charge on any atom is 0.327 e.